The van der Waals surface area contributed by atoms with Gasteiger partial charge in [0, 0.05) is 0 Å². The topological polar surface area (TPSA) is 0 Å². The van der Waals surface area contributed by atoms with Crippen molar-refractivity contribution < 1.29 is 0 Å². The van der Waals surface area contributed by atoms with Gasteiger partial charge in [-0.1, -0.05) is 32.8 Å². The molecule has 0 amide bonds. The largest absolute Gasteiger partial charge is 0.114 e. The number of hydrogen-bond acceptors (Lipinski definition) is 0. The van der Waals surface area contributed by atoms with Crippen molar-refractivity contribution in [3.05, 3.63) is 10.6 Å². The van der Waals surface area contributed by atoms with E-state index < -0.39 is 0 Å². The summed E-state index contributed by atoms with van der Waals surface area (Å²) in [5, 5.41) is 0. The van der Waals surface area contributed by atoms with E-state index in [9.17, 15) is 0 Å². The van der Waals surface area contributed by atoms with Gasteiger partial charge in [0.2, 0.25) is 0 Å². The van der Waals surface area contributed by atoms with Crippen molar-refractivity contribution in [3.8, 4) is 12.3 Å². The highest BCUT2D eigenvalue weighted by Crippen LogP contribution is 2.19. The zero-order chi connectivity index (χ0) is 7.49. The van der Waals surface area contributed by atoms with E-state index in [0.717, 1.165) is 4.48 Å². The molecule has 50 valence electrons. The number of hydrogen-bond donors (Lipinski definition) is 0. The summed E-state index contributed by atoms with van der Waals surface area (Å²) in [5.74, 6) is 2.50. The number of rotatable bonds is 0. The summed E-state index contributed by atoms with van der Waals surface area (Å²) in [6.07, 6.45) is 7.12. The molecular weight excluding hydrogens is 176 g/mol. The van der Waals surface area contributed by atoms with E-state index >= 15 is 0 Å². The van der Waals surface area contributed by atoms with E-state index in [1.54, 1.807) is 0 Å². The lowest BCUT2D eigenvalue weighted by atomic mass is 9.96. The van der Waals surface area contributed by atoms with E-state index in [2.05, 4.69) is 42.6 Å². The third-order valence-electron chi connectivity index (χ3n) is 0.698. The van der Waals surface area contributed by atoms with Crippen LogP contribution in [0.5, 0.6) is 0 Å². The van der Waals surface area contributed by atoms with E-state index in [4.69, 9.17) is 6.42 Å². The second-order valence-electron chi connectivity index (χ2n) is 3.00. The molecule has 0 aliphatic rings. The highest BCUT2D eigenvalue weighted by molar-refractivity contribution is 9.12. The van der Waals surface area contributed by atoms with Crippen LogP contribution >= 0.6 is 15.9 Å². The quantitative estimate of drug-likeness (QED) is 0.511. The van der Waals surface area contributed by atoms with Crippen molar-refractivity contribution in [1.82, 2.24) is 0 Å². The molecule has 1 heteroatoms. The van der Waals surface area contributed by atoms with Crippen LogP contribution in [-0.4, -0.2) is 0 Å². The van der Waals surface area contributed by atoms with Gasteiger partial charge in [0.1, 0.15) is 0 Å². The minimum atomic E-state index is 0.172. The Morgan fingerprint density at radius 3 is 2.11 bits per heavy atom. The average Bonchev–Trinajstić information content (AvgIpc) is 1.62. The second kappa shape index (κ2) is 3.08. The molecule has 0 saturated heterocycles. The van der Waals surface area contributed by atoms with Crippen LogP contribution < -0.4 is 0 Å². The van der Waals surface area contributed by atoms with Gasteiger partial charge in [0.15, 0.2) is 0 Å². The van der Waals surface area contributed by atoms with E-state index in [1.165, 1.54) is 0 Å². The summed E-state index contributed by atoms with van der Waals surface area (Å²) in [4.78, 5) is 0. The average molecular weight is 187 g/mol. The fraction of sp³-hybridized carbons (Fsp3) is 0.500. The van der Waals surface area contributed by atoms with Crippen molar-refractivity contribution in [3.63, 3.8) is 0 Å². The normalized spacial score (nSPS) is 13.0. The smallest absolute Gasteiger partial charge is 0.0636 e. The Morgan fingerprint density at radius 1 is 1.56 bits per heavy atom. The molecule has 0 unspecified atom stereocenters. The summed E-state index contributed by atoms with van der Waals surface area (Å²) < 4.78 is 0.829. The van der Waals surface area contributed by atoms with Gasteiger partial charge in [-0.3, -0.25) is 0 Å². The van der Waals surface area contributed by atoms with Gasteiger partial charge in [-0.05, 0) is 21.3 Å². The summed E-state index contributed by atoms with van der Waals surface area (Å²) >= 11 is 3.24. The molecule has 0 aliphatic carbocycles. The maximum atomic E-state index is 5.11. The fourth-order valence-corrected chi connectivity index (χ4v) is 1.11. The van der Waals surface area contributed by atoms with Gasteiger partial charge in [-0.25, -0.2) is 0 Å². The Hall–Kier alpha value is -0.220. The number of halogens is 1. The van der Waals surface area contributed by atoms with E-state index in [-0.39, 0.29) is 5.41 Å². The minimum absolute atomic E-state index is 0.172. The van der Waals surface area contributed by atoms with Gasteiger partial charge in [-0.15, -0.1) is 6.42 Å². The Labute approximate surface area is 65.5 Å². The Kier molecular flexibility index (Phi) is 3.00. The zero-order valence-corrected chi connectivity index (χ0v) is 7.62. The Morgan fingerprint density at radius 2 is 2.00 bits per heavy atom. The molecule has 0 aromatic carbocycles. The van der Waals surface area contributed by atoms with Crippen LogP contribution in [0.15, 0.2) is 10.6 Å². The molecule has 0 heterocycles. The lowest BCUT2D eigenvalue weighted by Gasteiger charge is -2.10. The Balaban J connectivity index is 4.17. The fourth-order valence-electron chi connectivity index (χ4n) is 0.422. The first-order valence-electron chi connectivity index (χ1n) is 2.81. The van der Waals surface area contributed by atoms with Gasteiger partial charge in [0.25, 0.3) is 0 Å². The zero-order valence-electron chi connectivity index (χ0n) is 6.03. The molecule has 9 heavy (non-hydrogen) atoms. The molecule has 0 spiro atoms. The van der Waals surface area contributed by atoms with Crippen LogP contribution in [0.25, 0.3) is 0 Å². The van der Waals surface area contributed by atoms with Crippen LogP contribution in [0.2, 0.25) is 0 Å². The molecule has 0 nitrogen and oxygen atoms in total. The molecule has 0 aromatic heterocycles. The lowest BCUT2D eigenvalue weighted by molar-refractivity contribution is 0.544. The summed E-state index contributed by atoms with van der Waals surface area (Å²) in [6, 6.07) is 0. The van der Waals surface area contributed by atoms with Crippen LogP contribution in [-0.2, 0) is 0 Å². The molecule has 0 aliphatic heterocycles. The molecule has 0 N–H and O–H groups in total. The van der Waals surface area contributed by atoms with Crippen LogP contribution in [0.1, 0.15) is 20.8 Å². The maximum Gasteiger partial charge on any atom is 0.0636 e. The van der Waals surface area contributed by atoms with Crippen LogP contribution in [0, 0.1) is 17.8 Å². The summed E-state index contributed by atoms with van der Waals surface area (Å²) in [5.41, 5.74) is 0.172. The molecule has 0 saturated carbocycles. The minimum Gasteiger partial charge on any atom is -0.114 e. The number of allylic oxidation sites excluding steroid dienone is 2. The molecule has 0 fully saturated rings. The first-order valence-corrected chi connectivity index (χ1v) is 3.60. The molecule has 0 bridgehead atoms. The van der Waals surface area contributed by atoms with Gasteiger partial charge in [0.05, 0.1) is 4.48 Å². The van der Waals surface area contributed by atoms with Gasteiger partial charge < -0.3 is 0 Å². The second-order valence-corrected chi connectivity index (χ2v) is 3.86. The van der Waals surface area contributed by atoms with Crippen molar-refractivity contribution in [2.45, 2.75) is 20.8 Å². The first kappa shape index (κ1) is 8.78. The van der Waals surface area contributed by atoms with Gasteiger partial charge in [-0.2, -0.15) is 0 Å². The third-order valence-corrected chi connectivity index (χ3v) is 1.16. The Bertz CT molecular complexity index is 152. The predicted molar refractivity (Wildman–Crippen MR) is 45.3 cm³/mol. The molecule has 0 radical (unpaired) electrons. The maximum absolute atomic E-state index is 5.11. The van der Waals surface area contributed by atoms with Crippen molar-refractivity contribution in [2.75, 3.05) is 0 Å². The SMILES string of the molecule is C#C/C(Br)=C/C(C)(C)C. The monoisotopic (exact) mass is 186 g/mol. The van der Waals surface area contributed by atoms with Crippen LogP contribution in [0.3, 0.4) is 0 Å². The third kappa shape index (κ3) is 5.65. The molecule has 0 aromatic rings. The van der Waals surface area contributed by atoms with E-state index in [1.807, 2.05) is 6.08 Å². The highest BCUT2D eigenvalue weighted by Gasteiger charge is 2.04. The number of terminal acetylenes is 1. The van der Waals surface area contributed by atoms with Crippen molar-refractivity contribution in [2.24, 2.45) is 5.41 Å². The molecule has 0 rings (SSSR count). The highest BCUT2D eigenvalue weighted by atomic mass is 79.9. The summed E-state index contributed by atoms with van der Waals surface area (Å²) in [7, 11) is 0. The lowest BCUT2D eigenvalue weighted by Crippen LogP contribution is -1.98. The molecular formula is C8H11Br. The van der Waals surface area contributed by atoms with Crippen LogP contribution in [0.4, 0.5) is 0 Å². The molecule has 0 atom stereocenters. The van der Waals surface area contributed by atoms with E-state index in [0.29, 0.717) is 0 Å². The predicted octanol–water partition coefficient (Wildman–Crippen LogP) is 2.94. The van der Waals surface area contributed by atoms with Crippen molar-refractivity contribution in [1.29, 1.82) is 0 Å². The van der Waals surface area contributed by atoms with Gasteiger partial charge >= 0.3 is 0 Å². The standard InChI is InChI=1S/C8H11Br/c1-5-7(9)6-8(2,3)4/h1,6H,2-4H3/b7-6-. The summed E-state index contributed by atoms with van der Waals surface area (Å²) in [6.45, 7) is 6.31. The van der Waals surface area contributed by atoms with Crippen molar-refractivity contribution >= 4 is 15.9 Å². The first-order chi connectivity index (χ1) is 3.95.